The minimum Gasteiger partial charge on any atom is -0.451 e. The number of esters is 1. The number of hydrogen-bond donors (Lipinski definition) is 2. The summed E-state index contributed by atoms with van der Waals surface area (Å²) < 4.78 is 4.96. The fourth-order valence-electron chi connectivity index (χ4n) is 0.585. The van der Waals surface area contributed by atoms with E-state index in [4.69, 9.17) is 5.73 Å². The maximum absolute atomic E-state index is 11.1. The molecule has 1 aromatic rings. The van der Waals surface area contributed by atoms with Gasteiger partial charge in [-0.1, -0.05) is 0 Å². The normalized spacial score (nSPS) is 9.62. The number of carbonyl (C=O) groups is 2. The Balaban J connectivity index is 2.59. The molecular formula is C6H6N2O3S2. The summed E-state index contributed by atoms with van der Waals surface area (Å²) in [6.45, 7) is -0.441. The lowest BCUT2D eigenvalue weighted by molar-refractivity contribution is -0.121. The van der Waals surface area contributed by atoms with Crippen LogP contribution in [0.5, 0.6) is 0 Å². The summed E-state index contributed by atoms with van der Waals surface area (Å²) in [5, 5.41) is 0. The van der Waals surface area contributed by atoms with Gasteiger partial charge >= 0.3 is 5.97 Å². The highest BCUT2D eigenvalue weighted by atomic mass is 32.2. The van der Waals surface area contributed by atoms with Gasteiger partial charge in [0.25, 0.3) is 5.91 Å². The van der Waals surface area contributed by atoms with E-state index in [0.717, 1.165) is 0 Å². The molecule has 5 nitrogen and oxygen atoms in total. The van der Waals surface area contributed by atoms with Gasteiger partial charge in [-0.05, 0) is 0 Å². The minimum atomic E-state index is -0.704. The summed E-state index contributed by atoms with van der Waals surface area (Å²) in [6.07, 6.45) is 0. The van der Waals surface area contributed by atoms with Crippen LogP contribution in [-0.4, -0.2) is 23.5 Å². The first-order chi connectivity index (χ1) is 6.11. The van der Waals surface area contributed by atoms with Crippen molar-refractivity contribution in [3.63, 3.8) is 0 Å². The monoisotopic (exact) mass is 218 g/mol. The average molecular weight is 218 g/mol. The van der Waals surface area contributed by atoms with E-state index in [1.807, 2.05) is 0 Å². The van der Waals surface area contributed by atoms with Crippen molar-refractivity contribution in [3.8, 4) is 0 Å². The fraction of sp³-hybridized carbons (Fsp3) is 0.167. The number of nitrogens with zero attached hydrogens (tertiary/aromatic N) is 1. The van der Waals surface area contributed by atoms with Gasteiger partial charge in [0.2, 0.25) is 0 Å². The highest BCUT2D eigenvalue weighted by molar-refractivity contribution is 7.82. The number of aromatic nitrogens is 1. The highest BCUT2D eigenvalue weighted by Crippen LogP contribution is 2.17. The molecule has 1 rings (SSSR count). The van der Waals surface area contributed by atoms with Crippen LogP contribution in [0.1, 0.15) is 10.5 Å². The molecule has 0 aliphatic carbocycles. The molecule has 0 bridgehead atoms. The lowest BCUT2D eigenvalue weighted by atomic mass is 10.5. The van der Waals surface area contributed by atoms with Crippen molar-refractivity contribution in [1.29, 1.82) is 0 Å². The molecule has 70 valence electrons. The van der Waals surface area contributed by atoms with Crippen LogP contribution in [0.25, 0.3) is 0 Å². The van der Waals surface area contributed by atoms with Crippen LogP contribution >= 0.6 is 24.0 Å². The maximum atomic E-state index is 11.1. The van der Waals surface area contributed by atoms with Crippen molar-refractivity contribution in [2.45, 2.75) is 4.21 Å². The number of amides is 1. The predicted molar refractivity (Wildman–Crippen MR) is 48.8 cm³/mol. The van der Waals surface area contributed by atoms with Gasteiger partial charge in [0.1, 0.15) is 0 Å². The fourth-order valence-corrected chi connectivity index (χ4v) is 1.38. The van der Waals surface area contributed by atoms with Crippen molar-refractivity contribution >= 4 is 35.8 Å². The van der Waals surface area contributed by atoms with Gasteiger partial charge in [-0.15, -0.1) is 24.0 Å². The molecule has 13 heavy (non-hydrogen) atoms. The number of carbonyl (C=O) groups excluding carboxylic acids is 2. The van der Waals surface area contributed by atoms with Crippen molar-refractivity contribution in [2.75, 3.05) is 6.61 Å². The van der Waals surface area contributed by atoms with Crippen molar-refractivity contribution in [3.05, 3.63) is 11.2 Å². The van der Waals surface area contributed by atoms with E-state index in [2.05, 4.69) is 22.3 Å². The third kappa shape index (κ3) is 2.71. The molecule has 0 saturated heterocycles. The molecule has 0 spiro atoms. The Labute approximate surface area is 83.3 Å². The molecule has 1 heterocycles. The van der Waals surface area contributed by atoms with Crippen LogP contribution in [0.15, 0.2) is 9.72 Å². The zero-order valence-corrected chi connectivity index (χ0v) is 8.10. The first kappa shape index (κ1) is 10.0. The minimum absolute atomic E-state index is 0.106. The summed E-state index contributed by atoms with van der Waals surface area (Å²) >= 11 is 5.18. The largest absolute Gasteiger partial charge is 0.451 e. The lowest BCUT2D eigenvalue weighted by Crippen LogP contribution is -2.21. The number of ether oxygens (including phenoxy) is 1. The van der Waals surface area contributed by atoms with Gasteiger partial charge in [0.15, 0.2) is 12.3 Å². The second-order valence-corrected chi connectivity index (χ2v) is 3.65. The summed E-state index contributed by atoms with van der Waals surface area (Å²) in [6, 6.07) is 0. The number of nitrogens with two attached hydrogens (primary N) is 1. The second-order valence-electron chi connectivity index (χ2n) is 2.05. The summed E-state index contributed by atoms with van der Waals surface area (Å²) in [4.78, 5) is 25.1. The molecule has 0 fully saturated rings. The summed E-state index contributed by atoms with van der Waals surface area (Å²) in [5.74, 6) is -1.39. The molecule has 0 radical (unpaired) electrons. The second kappa shape index (κ2) is 4.24. The number of hydrogen-bond acceptors (Lipinski definition) is 6. The van der Waals surface area contributed by atoms with Crippen LogP contribution < -0.4 is 5.73 Å². The van der Waals surface area contributed by atoms with Crippen molar-refractivity contribution in [1.82, 2.24) is 4.98 Å². The lowest BCUT2D eigenvalue weighted by Gasteiger charge is -1.98. The van der Waals surface area contributed by atoms with Crippen LogP contribution in [0.3, 0.4) is 0 Å². The average Bonchev–Trinajstić information content (AvgIpc) is 2.47. The van der Waals surface area contributed by atoms with Crippen LogP contribution in [0, 0.1) is 0 Å². The SMILES string of the molecule is NC(=O)COC(=O)c1ncsc1S. The topological polar surface area (TPSA) is 82.3 Å². The zero-order chi connectivity index (χ0) is 9.84. The van der Waals surface area contributed by atoms with Crippen molar-refractivity contribution < 1.29 is 14.3 Å². The van der Waals surface area contributed by atoms with Gasteiger partial charge in [0.05, 0.1) is 9.72 Å². The first-order valence-corrected chi connectivity index (χ1v) is 4.52. The summed E-state index contributed by atoms with van der Waals surface area (Å²) in [5.41, 5.74) is 6.35. The Bertz CT molecular complexity index is 336. The Morgan fingerprint density at radius 2 is 2.38 bits per heavy atom. The number of rotatable bonds is 3. The third-order valence-corrected chi connectivity index (χ3v) is 2.24. The summed E-state index contributed by atoms with van der Waals surface area (Å²) in [7, 11) is 0. The van der Waals surface area contributed by atoms with Crippen LogP contribution in [0.2, 0.25) is 0 Å². The van der Waals surface area contributed by atoms with Gasteiger partial charge in [-0.2, -0.15) is 0 Å². The molecule has 0 aliphatic heterocycles. The van der Waals surface area contributed by atoms with Gasteiger partial charge in [-0.25, -0.2) is 9.78 Å². The van der Waals surface area contributed by atoms with E-state index >= 15 is 0 Å². The standard InChI is InChI=1S/C6H6N2O3S2/c7-3(9)1-11-5(10)4-6(12)13-2-8-4/h2,12H,1H2,(H2,7,9). The van der Waals surface area contributed by atoms with E-state index in [9.17, 15) is 9.59 Å². The van der Waals surface area contributed by atoms with Gasteiger partial charge in [0, 0.05) is 0 Å². The molecule has 1 aromatic heterocycles. The van der Waals surface area contributed by atoms with E-state index < -0.39 is 18.5 Å². The smallest absolute Gasteiger partial charge is 0.359 e. The molecule has 0 atom stereocenters. The Morgan fingerprint density at radius 3 is 2.85 bits per heavy atom. The Morgan fingerprint density at radius 1 is 1.69 bits per heavy atom. The molecular weight excluding hydrogens is 212 g/mol. The number of primary amides is 1. The molecule has 1 amide bonds. The molecule has 0 saturated carbocycles. The van der Waals surface area contributed by atoms with Crippen molar-refractivity contribution in [2.24, 2.45) is 5.73 Å². The van der Waals surface area contributed by atoms with E-state index in [1.54, 1.807) is 0 Å². The predicted octanol–water partition coefficient (Wildman–Crippen LogP) is 0.0739. The maximum Gasteiger partial charge on any atom is 0.359 e. The number of thiol groups is 1. The van der Waals surface area contributed by atoms with E-state index in [0.29, 0.717) is 4.21 Å². The first-order valence-electron chi connectivity index (χ1n) is 3.19. The zero-order valence-electron chi connectivity index (χ0n) is 6.39. The van der Waals surface area contributed by atoms with Gasteiger partial charge in [-0.3, -0.25) is 4.79 Å². The van der Waals surface area contributed by atoms with Crippen LogP contribution in [-0.2, 0) is 9.53 Å². The Hall–Kier alpha value is -1.08. The number of thiazole rings is 1. The van der Waals surface area contributed by atoms with E-state index in [1.165, 1.54) is 16.8 Å². The highest BCUT2D eigenvalue weighted by Gasteiger charge is 2.14. The quantitative estimate of drug-likeness (QED) is 0.555. The molecule has 0 aromatic carbocycles. The van der Waals surface area contributed by atoms with Crippen LogP contribution in [0.4, 0.5) is 0 Å². The van der Waals surface area contributed by atoms with Gasteiger partial charge < -0.3 is 10.5 Å². The molecule has 0 aliphatic rings. The molecule has 0 unspecified atom stereocenters. The molecule has 7 heteroatoms. The van der Waals surface area contributed by atoms with E-state index in [-0.39, 0.29) is 5.69 Å². The third-order valence-electron chi connectivity index (χ3n) is 1.09. The molecule has 2 N–H and O–H groups in total. The Kier molecular flexibility index (Phi) is 3.26.